The van der Waals surface area contributed by atoms with Crippen LogP contribution in [0.25, 0.3) is 0 Å². The lowest BCUT2D eigenvalue weighted by atomic mass is 9.74. The maximum absolute atomic E-state index is 13.5. The van der Waals surface area contributed by atoms with E-state index < -0.39 is 34.9 Å². The molecule has 0 saturated heterocycles. The number of hydrogen-bond acceptors (Lipinski definition) is 4. The van der Waals surface area contributed by atoms with Gasteiger partial charge in [0.05, 0.1) is 6.42 Å². The van der Waals surface area contributed by atoms with Gasteiger partial charge in [-0.05, 0) is 74.6 Å². The van der Waals surface area contributed by atoms with Crippen LogP contribution in [0.1, 0.15) is 57.6 Å². The average Bonchev–Trinajstić information content (AvgIpc) is 2.80. The van der Waals surface area contributed by atoms with Crippen molar-refractivity contribution in [3.8, 4) is 0 Å². The van der Waals surface area contributed by atoms with Crippen molar-refractivity contribution in [2.45, 2.75) is 64.3 Å². The minimum Gasteiger partial charge on any atom is -0.344 e. The van der Waals surface area contributed by atoms with Crippen molar-refractivity contribution >= 4 is 17.5 Å². The van der Waals surface area contributed by atoms with Gasteiger partial charge in [-0.1, -0.05) is 25.5 Å². The molecule has 9 heteroatoms. The zero-order valence-electron chi connectivity index (χ0n) is 20.6. The summed E-state index contributed by atoms with van der Waals surface area (Å²) in [7, 11) is 0. The first-order valence-corrected chi connectivity index (χ1v) is 11.9. The number of carbonyl (C=O) groups is 2. The van der Waals surface area contributed by atoms with E-state index in [1.165, 1.54) is 19.1 Å². The number of hydrazone groups is 1. The van der Waals surface area contributed by atoms with Crippen LogP contribution in [0.4, 0.5) is 13.2 Å². The highest BCUT2D eigenvalue weighted by molar-refractivity contribution is 5.92. The number of halogens is 3. The normalized spacial score (nSPS) is 22.2. The van der Waals surface area contributed by atoms with E-state index >= 15 is 0 Å². The van der Waals surface area contributed by atoms with Gasteiger partial charge in [0.25, 0.3) is 0 Å². The van der Waals surface area contributed by atoms with Gasteiger partial charge >= 0.3 is 0 Å². The Bertz CT molecular complexity index is 1140. The zero-order valence-corrected chi connectivity index (χ0v) is 20.6. The molecule has 0 bridgehead atoms. The first-order valence-electron chi connectivity index (χ1n) is 11.9. The van der Waals surface area contributed by atoms with Crippen LogP contribution in [-0.2, 0) is 21.4 Å². The van der Waals surface area contributed by atoms with Gasteiger partial charge in [0.2, 0.25) is 11.8 Å². The highest BCUT2D eigenvalue weighted by Gasteiger charge is 2.30. The van der Waals surface area contributed by atoms with Crippen LogP contribution < -0.4 is 16.1 Å². The van der Waals surface area contributed by atoms with E-state index in [1.807, 2.05) is 13.0 Å². The largest absolute Gasteiger partial charge is 0.344 e. The Hall–Kier alpha value is -3.62. The molecule has 2 aromatic carbocycles. The number of carbonyl (C=O) groups excluding carboxylic acids is 2. The van der Waals surface area contributed by atoms with Crippen molar-refractivity contribution in [2.24, 2.45) is 5.10 Å². The summed E-state index contributed by atoms with van der Waals surface area (Å²) in [6.07, 6.45) is 4.89. The molecule has 0 saturated carbocycles. The lowest BCUT2D eigenvalue weighted by Crippen LogP contribution is -2.46. The summed E-state index contributed by atoms with van der Waals surface area (Å²) in [5.41, 5.74) is 4.40. The minimum atomic E-state index is -0.899. The van der Waals surface area contributed by atoms with E-state index in [0.29, 0.717) is 12.2 Å². The molecule has 3 rings (SSSR count). The fourth-order valence-corrected chi connectivity index (χ4v) is 4.11. The molecule has 0 spiro atoms. The van der Waals surface area contributed by atoms with Crippen LogP contribution in [-0.4, -0.2) is 23.6 Å². The van der Waals surface area contributed by atoms with Gasteiger partial charge in [-0.2, -0.15) is 5.10 Å². The number of amides is 2. The van der Waals surface area contributed by atoms with Crippen molar-refractivity contribution in [3.63, 3.8) is 0 Å². The number of benzene rings is 2. The smallest absolute Gasteiger partial charge is 0.247 e. The number of nitrogens with zero attached hydrogens (tertiary/aromatic N) is 1. The van der Waals surface area contributed by atoms with Crippen molar-refractivity contribution in [3.05, 3.63) is 82.9 Å². The van der Waals surface area contributed by atoms with Crippen molar-refractivity contribution in [1.82, 2.24) is 16.1 Å². The summed E-state index contributed by atoms with van der Waals surface area (Å²) in [6.45, 7) is 5.46. The molecule has 0 aromatic heterocycles. The summed E-state index contributed by atoms with van der Waals surface area (Å²) in [5.74, 6) is -2.48. The molecule has 2 amide bonds. The Balaban J connectivity index is 1.64. The first kappa shape index (κ1) is 27.0. The molecule has 1 aliphatic heterocycles. The Morgan fingerprint density at radius 1 is 1.06 bits per heavy atom. The van der Waals surface area contributed by atoms with Crippen LogP contribution in [0.5, 0.6) is 0 Å². The number of rotatable bonds is 6. The lowest BCUT2D eigenvalue weighted by Gasteiger charge is -2.31. The molecule has 1 aliphatic rings. The minimum absolute atomic E-state index is 0.170. The quantitative estimate of drug-likeness (QED) is 0.542. The molecule has 2 aromatic rings. The SMILES string of the molecule is C/C1=N\N/C(NC(=O)[C@H](C)NC(=O)Cc2cc(F)cc(F)c2)=C/CCCCC1(C)c1ccc(F)cc1. The highest BCUT2D eigenvalue weighted by Crippen LogP contribution is 2.32. The van der Waals surface area contributed by atoms with Gasteiger partial charge in [-0.25, -0.2) is 13.2 Å². The van der Waals surface area contributed by atoms with E-state index in [0.717, 1.165) is 48.7 Å². The predicted octanol–water partition coefficient (Wildman–Crippen LogP) is 4.61. The summed E-state index contributed by atoms with van der Waals surface area (Å²) in [4.78, 5) is 25.0. The molecule has 6 nitrogen and oxygen atoms in total. The highest BCUT2D eigenvalue weighted by atomic mass is 19.1. The third kappa shape index (κ3) is 7.19. The number of nitrogens with one attached hydrogen (secondary N) is 3. The molecule has 0 aliphatic carbocycles. The van der Waals surface area contributed by atoms with Crippen LogP contribution in [0.15, 0.2) is 59.5 Å². The molecule has 1 unspecified atom stereocenters. The van der Waals surface area contributed by atoms with Gasteiger partial charge in [-0.15, -0.1) is 0 Å². The standard InChI is InChI=1S/C27H31F3N4O2/c1-17(31-25(35)15-19-13-22(29)16-23(30)14-19)26(36)32-24-7-5-4-6-12-27(3,18(2)33-34-24)20-8-10-21(28)11-9-20/h7-11,13-14,16-17,34H,4-6,12,15H2,1-3H3,(H,31,35)(H,32,36)/b24-7+,33-18+/t17-,27?/m0/s1. The second kappa shape index (κ2) is 11.9. The molecule has 192 valence electrons. The van der Waals surface area contributed by atoms with Gasteiger partial charge < -0.3 is 10.6 Å². The van der Waals surface area contributed by atoms with E-state index in [-0.39, 0.29) is 17.8 Å². The first-order chi connectivity index (χ1) is 17.1. The maximum Gasteiger partial charge on any atom is 0.247 e. The molecule has 1 heterocycles. The van der Waals surface area contributed by atoms with Gasteiger partial charge in [0, 0.05) is 17.2 Å². The number of hydrogen-bond donors (Lipinski definition) is 3. The Labute approximate surface area is 209 Å². The van der Waals surface area contributed by atoms with E-state index in [4.69, 9.17) is 0 Å². The van der Waals surface area contributed by atoms with E-state index in [9.17, 15) is 22.8 Å². The van der Waals surface area contributed by atoms with Gasteiger partial charge in [0.1, 0.15) is 29.3 Å². The Kier molecular flexibility index (Phi) is 8.90. The van der Waals surface area contributed by atoms with Crippen LogP contribution in [0, 0.1) is 17.5 Å². The average molecular weight is 501 g/mol. The molecule has 36 heavy (non-hydrogen) atoms. The van der Waals surface area contributed by atoms with Gasteiger partial charge in [0.15, 0.2) is 0 Å². The molecular formula is C27H31F3N4O2. The summed E-state index contributed by atoms with van der Waals surface area (Å²) >= 11 is 0. The summed E-state index contributed by atoms with van der Waals surface area (Å²) < 4.78 is 40.2. The van der Waals surface area contributed by atoms with Crippen molar-refractivity contribution < 1.29 is 22.8 Å². The van der Waals surface area contributed by atoms with Crippen LogP contribution in [0.2, 0.25) is 0 Å². The monoisotopic (exact) mass is 500 g/mol. The predicted molar refractivity (Wildman–Crippen MR) is 132 cm³/mol. The van der Waals surface area contributed by atoms with E-state index in [2.05, 4.69) is 28.1 Å². The Morgan fingerprint density at radius 2 is 1.72 bits per heavy atom. The molecule has 0 radical (unpaired) electrons. The van der Waals surface area contributed by atoms with Crippen LogP contribution in [0.3, 0.4) is 0 Å². The third-order valence-electron chi connectivity index (χ3n) is 6.42. The number of allylic oxidation sites excluding steroid dienone is 1. The maximum atomic E-state index is 13.5. The third-order valence-corrected chi connectivity index (χ3v) is 6.42. The Morgan fingerprint density at radius 3 is 2.39 bits per heavy atom. The molecule has 0 fully saturated rings. The molecule has 3 N–H and O–H groups in total. The van der Waals surface area contributed by atoms with Crippen molar-refractivity contribution in [2.75, 3.05) is 0 Å². The lowest BCUT2D eigenvalue weighted by molar-refractivity contribution is -0.127. The molecular weight excluding hydrogens is 469 g/mol. The zero-order chi connectivity index (χ0) is 26.3. The van der Waals surface area contributed by atoms with Crippen molar-refractivity contribution in [1.29, 1.82) is 0 Å². The van der Waals surface area contributed by atoms with Gasteiger partial charge in [-0.3, -0.25) is 15.0 Å². The topological polar surface area (TPSA) is 82.6 Å². The fourth-order valence-electron chi connectivity index (χ4n) is 4.11. The summed E-state index contributed by atoms with van der Waals surface area (Å²) in [6, 6.07) is 8.37. The molecule has 2 atom stereocenters. The second-order valence-corrected chi connectivity index (χ2v) is 9.24. The fraction of sp³-hybridized carbons (Fsp3) is 0.370. The summed E-state index contributed by atoms with van der Waals surface area (Å²) in [5, 5.41) is 9.77. The van der Waals surface area contributed by atoms with Crippen LogP contribution >= 0.6 is 0 Å². The van der Waals surface area contributed by atoms with E-state index in [1.54, 1.807) is 12.1 Å². The second-order valence-electron chi connectivity index (χ2n) is 9.24.